The summed E-state index contributed by atoms with van der Waals surface area (Å²) in [5.74, 6) is -1.85. The molecule has 0 fully saturated rings. The van der Waals surface area contributed by atoms with Crippen LogP contribution in [0.2, 0.25) is 0 Å². The molecule has 4 aromatic carbocycles. The number of rotatable bonds is 10. The fourth-order valence-electron chi connectivity index (χ4n) is 7.82. The molecule has 2 heterocycles. The summed E-state index contributed by atoms with van der Waals surface area (Å²) in [6, 6.07) is 28.0. The van der Waals surface area contributed by atoms with Crippen LogP contribution in [0.5, 0.6) is 11.5 Å². The molecule has 2 atom stereocenters. The summed E-state index contributed by atoms with van der Waals surface area (Å²) in [4.78, 5) is 81.2. The maximum Gasteiger partial charge on any atom is 0.415 e. The highest BCUT2D eigenvalue weighted by Gasteiger charge is 2.57. The molecule has 0 aliphatic carbocycles. The number of nitrogens with zero attached hydrogens (tertiary/aromatic N) is 2. The zero-order chi connectivity index (χ0) is 46.9. The summed E-state index contributed by atoms with van der Waals surface area (Å²) in [7, 11) is 7.95. The van der Waals surface area contributed by atoms with Crippen molar-refractivity contribution in [1.29, 1.82) is 0 Å². The summed E-state index contributed by atoms with van der Waals surface area (Å²) in [5.41, 5.74) is 0.325. The third-order valence-electron chi connectivity index (χ3n) is 10.8. The van der Waals surface area contributed by atoms with Crippen molar-refractivity contribution >= 4 is 58.6 Å². The molecular formula is C48H50N2O14. The molecule has 2 aliphatic heterocycles. The zero-order valence-corrected chi connectivity index (χ0v) is 37.3. The molecule has 2 aliphatic rings. The second kappa shape index (κ2) is 20.0. The Labute approximate surface area is 370 Å². The molecule has 64 heavy (non-hydrogen) atoms. The fourth-order valence-corrected chi connectivity index (χ4v) is 7.82. The Kier molecular flexibility index (Phi) is 14.9. The molecule has 0 bridgehead atoms. The lowest BCUT2D eigenvalue weighted by molar-refractivity contribution is -0.150. The van der Waals surface area contributed by atoms with E-state index in [-0.39, 0.29) is 24.4 Å². The van der Waals surface area contributed by atoms with E-state index >= 15 is 0 Å². The third-order valence-corrected chi connectivity index (χ3v) is 10.8. The van der Waals surface area contributed by atoms with Crippen molar-refractivity contribution in [1.82, 2.24) is 0 Å². The predicted octanol–water partition coefficient (Wildman–Crippen LogP) is 7.16. The normalized spacial score (nSPS) is 17.3. The van der Waals surface area contributed by atoms with Gasteiger partial charge < -0.3 is 37.9 Å². The monoisotopic (exact) mass is 878 g/mol. The van der Waals surface area contributed by atoms with E-state index in [9.17, 15) is 28.8 Å². The average molecular weight is 879 g/mol. The molecular weight excluding hydrogens is 829 g/mol. The van der Waals surface area contributed by atoms with Gasteiger partial charge in [-0.15, -0.1) is 0 Å². The molecule has 16 nitrogen and oxygen atoms in total. The van der Waals surface area contributed by atoms with Gasteiger partial charge in [-0.05, 0) is 75.2 Å². The minimum Gasteiger partial charge on any atom is -0.497 e. The van der Waals surface area contributed by atoms with Crippen molar-refractivity contribution in [3.63, 3.8) is 0 Å². The van der Waals surface area contributed by atoms with Gasteiger partial charge in [0.2, 0.25) is 0 Å². The van der Waals surface area contributed by atoms with E-state index in [4.69, 9.17) is 37.9 Å². The predicted molar refractivity (Wildman–Crippen MR) is 235 cm³/mol. The van der Waals surface area contributed by atoms with Crippen LogP contribution >= 0.6 is 0 Å². The van der Waals surface area contributed by atoms with E-state index in [2.05, 4.69) is 0 Å². The number of carbonyl (C=O) groups excluding carboxylic acids is 6. The maximum absolute atomic E-state index is 13.3. The Morgan fingerprint density at radius 3 is 1.08 bits per heavy atom. The molecule has 0 spiro atoms. The van der Waals surface area contributed by atoms with E-state index in [0.717, 1.165) is 9.80 Å². The maximum atomic E-state index is 13.3. The van der Waals surface area contributed by atoms with Crippen LogP contribution in [-0.4, -0.2) is 103 Å². The molecule has 16 heteroatoms. The van der Waals surface area contributed by atoms with Crippen molar-refractivity contribution in [3.8, 4) is 11.5 Å². The summed E-state index contributed by atoms with van der Waals surface area (Å²) < 4.78 is 41.3. The summed E-state index contributed by atoms with van der Waals surface area (Å²) >= 11 is 0. The largest absolute Gasteiger partial charge is 0.497 e. The first-order chi connectivity index (χ1) is 30.7. The Hall–Kier alpha value is -7.62. The van der Waals surface area contributed by atoms with Gasteiger partial charge in [-0.1, -0.05) is 60.7 Å². The first kappa shape index (κ1) is 47.4. The van der Waals surface area contributed by atoms with E-state index in [1.807, 2.05) is 0 Å². The van der Waals surface area contributed by atoms with Gasteiger partial charge in [-0.25, -0.2) is 28.8 Å². The molecule has 0 saturated carbocycles. The van der Waals surface area contributed by atoms with Gasteiger partial charge >= 0.3 is 36.1 Å². The molecule has 0 N–H and O–H groups in total. The van der Waals surface area contributed by atoms with Crippen LogP contribution < -0.4 is 19.3 Å². The molecule has 4 aromatic rings. The fraction of sp³-hybridized carbons (Fsp3) is 0.292. The number of methoxy groups -OCH3 is 6. The lowest BCUT2D eigenvalue weighted by Gasteiger charge is -2.43. The van der Waals surface area contributed by atoms with Crippen molar-refractivity contribution in [3.05, 3.63) is 130 Å². The van der Waals surface area contributed by atoms with E-state index in [1.165, 1.54) is 42.3 Å². The molecule has 0 saturated heterocycles. The van der Waals surface area contributed by atoms with Crippen LogP contribution in [0.15, 0.2) is 108 Å². The van der Waals surface area contributed by atoms with Gasteiger partial charge in [-0.3, -0.25) is 9.80 Å². The Morgan fingerprint density at radius 2 is 0.797 bits per heavy atom. The Morgan fingerprint density at radius 1 is 0.469 bits per heavy atom. The number of hydrogen-bond donors (Lipinski definition) is 0. The van der Waals surface area contributed by atoms with Crippen molar-refractivity contribution in [2.45, 2.75) is 38.8 Å². The highest BCUT2D eigenvalue weighted by atomic mass is 16.6. The molecule has 2 amide bonds. The number of anilines is 2. The van der Waals surface area contributed by atoms with E-state index in [0.29, 0.717) is 56.3 Å². The van der Waals surface area contributed by atoms with Crippen molar-refractivity contribution < 1.29 is 66.7 Å². The number of ether oxygens (including phenoxy) is 8. The summed E-state index contributed by atoms with van der Waals surface area (Å²) in [6.07, 6.45) is -1.63. The quantitative estimate of drug-likeness (QED) is 0.116. The summed E-state index contributed by atoms with van der Waals surface area (Å²) in [5, 5.41) is 0. The van der Waals surface area contributed by atoms with E-state index < -0.39 is 47.1 Å². The smallest absolute Gasteiger partial charge is 0.415 e. The van der Waals surface area contributed by atoms with Crippen LogP contribution in [0.4, 0.5) is 21.0 Å². The summed E-state index contributed by atoms with van der Waals surface area (Å²) in [6.45, 7) is 6.30. The molecule has 6 rings (SSSR count). The first-order valence-electron chi connectivity index (χ1n) is 19.9. The number of hydrogen-bond acceptors (Lipinski definition) is 14. The van der Waals surface area contributed by atoms with Crippen LogP contribution in [-0.2, 0) is 47.6 Å². The minimum atomic E-state index is -1.85. The highest BCUT2D eigenvalue weighted by Crippen LogP contribution is 2.49. The minimum absolute atomic E-state index is 0.0345. The zero-order valence-electron chi connectivity index (χ0n) is 37.3. The van der Waals surface area contributed by atoms with Crippen LogP contribution in [0.1, 0.15) is 49.9 Å². The van der Waals surface area contributed by atoms with Gasteiger partial charge in [-0.2, -0.15) is 0 Å². The number of carbonyl (C=O) groups is 6. The average Bonchev–Trinajstić information content (AvgIpc) is 3.32. The third kappa shape index (κ3) is 8.33. The molecule has 0 radical (unpaired) electrons. The van der Waals surface area contributed by atoms with Crippen LogP contribution in [0.3, 0.4) is 0 Å². The van der Waals surface area contributed by atoms with Gasteiger partial charge in [0.15, 0.2) is 11.1 Å². The van der Waals surface area contributed by atoms with Crippen molar-refractivity contribution in [2.24, 2.45) is 0 Å². The standard InChI is InChI=1S/2C24H25NO7/c2*1-6-32-22(27)24(2)20(21(26)30-4)19(15-11-13-16(29-3)14-12-15)17-9-7-8-10-18(17)25(24)23(28)31-5/h2*7-14H,6H2,1-5H3/t2*24-/m11/s1. The number of para-hydroxylation sites is 2. The Bertz CT molecular complexity index is 2320. The topological polar surface area (TPSA) is 183 Å². The lowest BCUT2D eigenvalue weighted by atomic mass is 9.77. The highest BCUT2D eigenvalue weighted by molar-refractivity contribution is 6.19. The first-order valence-corrected chi connectivity index (χ1v) is 19.9. The second-order valence-corrected chi connectivity index (χ2v) is 14.2. The molecule has 0 unspecified atom stereocenters. The number of fused-ring (bicyclic) bond motifs is 2. The Balaban J connectivity index is 0.000000241. The van der Waals surface area contributed by atoms with Gasteiger partial charge in [0, 0.05) is 22.3 Å². The molecule has 0 aromatic heterocycles. The lowest BCUT2D eigenvalue weighted by Crippen LogP contribution is -2.61. The van der Waals surface area contributed by atoms with E-state index in [1.54, 1.807) is 125 Å². The number of esters is 4. The van der Waals surface area contributed by atoms with Crippen molar-refractivity contribution in [2.75, 3.05) is 65.7 Å². The number of benzene rings is 4. The van der Waals surface area contributed by atoms with Crippen LogP contribution in [0.25, 0.3) is 11.1 Å². The van der Waals surface area contributed by atoms with Gasteiger partial charge in [0.1, 0.15) is 11.5 Å². The van der Waals surface area contributed by atoms with Gasteiger partial charge in [0.05, 0.1) is 78.4 Å². The number of amides is 2. The molecule has 336 valence electrons. The van der Waals surface area contributed by atoms with Crippen LogP contribution in [0, 0.1) is 0 Å². The SMILES string of the molecule is CCOC(=O)[C@@]1(C)C(C(=O)OC)=C(c2ccc(OC)cc2)c2ccccc2N1C(=O)OC.CCOC(=O)[C@@]1(C)C(C(=O)OC)=C(c2ccc(OC)cc2)c2ccccc2N1C(=O)OC. The second-order valence-electron chi connectivity index (χ2n) is 14.2. The van der Waals surface area contributed by atoms with Gasteiger partial charge in [0.25, 0.3) is 0 Å².